The lowest BCUT2D eigenvalue weighted by molar-refractivity contribution is -0.138. The molecule has 0 bridgehead atoms. The van der Waals surface area contributed by atoms with Crippen LogP contribution in [-0.2, 0) is 34.9 Å². The Labute approximate surface area is 265 Å². The van der Waals surface area contributed by atoms with Crippen LogP contribution in [0.1, 0.15) is 12.5 Å². The minimum Gasteiger partial charge on any atom is -0.394 e. The topological polar surface area (TPSA) is 274 Å². The summed E-state index contributed by atoms with van der Waals surface area (Å²) in [6.07, 6.45) is -11.0. The van der Waals surface area contributed by atoms with Crippen molar-refractivity contribution in [2.75, 3.05) is 24.7 Å². The van der Waals surface area contributed by atoms with Gasteiger partial charge in [0.1, 0.15) is 36.1 Å². The SMILES string of the molecule is Nc1nc2c(nnn2[C@@H]2O[C@H](CO)[C@H](F)[C@H]2OP(O)(=S)OC[C@H]2O[C@@H](n3ccc4c(N)ncnc43)C(F)(F)[C@@H]2O)c(=O)[nH]1.O=PS. The molecule has 8 N–H and O–H groups in total. The van der Waals surface area contributed by atoms with Crippen LogP contribution >= 0.6 is 26.6 Å². The second-order valence-corrected chi connectivity index (χ2v) is 13.1. The van der Waals surface area contributed by atoms with Gasteiger partial charge < -0.3 is 45.1 Å². The molecule has 2 saturated heterocycles. The summed E-state index contributed by atoms with van der Waals surface area (Å²) < 4.78 is 77.5. The van der Waals surface area contributed by atoms with Crippen molar-refractivity contribution in [3.63, 3.8) is 0 Å². The summed E-state index contributed by atoms with van der Waals surface area (Å²) >= 11 is 8.19. The highest BCUT2D eigenvalue weighted by Crippen LogP contribution is 2.52. The number of fused-ring (bicyclic) bond motifs is 2. The fourth-order valence-corrected chi connectivity index (χ4v) is 6.22. The van der Waals surface area contributed by atoms with Gasteiger partial charge in [-0.05, 0) is 17.9 Å². The lowest BCUT2D eigenvalue weighted by Crippen LogP contribution is -2.39. The number of nitrogens with two attached hydrogens (primary N) is 2. The first-order valence-corrected chi connectivity index (χ1v) is 17.2. The van der Waals surface area contributed by atoms with E-state index in [1.807, 2.05) is 0 Å². The molecule has 250 valence electrons. The lowest BCUT2D eigenvalue weighted by Gasteiger charge is -2.25. The van der Waals surface area contributed by atoms with Crippen LogP contribution in [-0.4, -0.2) is 104 Å². The first kappa shape index (κ1) is 34.4. The van der Waals surface area contributed by atoms with Crippen molar-refractivity contribution in [1.82, 2.24) is 39.5 Å². The van der Waals surface area contributed by atoms with Crippen LogP contribution in [0.15, 0.2) is 23.4 Å². The Kier molecular flexibility index (Phi) is 9.97. The number of nitrogens with one attached hydrogen (secondary N) is 1. The van der Waals surface area contributed by atoms with E-state index in [9.17, 15) is 19.9 Å². The quantitative estimate of drug-likeness (QED) is 0.0927. The van der Waals surface area contributed by atoms with Crippen molar-refractivity contribution in [2.24, 2.45) is 0 Å². The molecule has 2 aliphatic rings. The number of alkyl halides is 3. The molecular weight excluding hydrogens is 707 g/mol. The summed E-state index contributed by atoms with van der Waals surface area (Å²) in [7, 11) is -0.139. The number of aliphatic hydroxyl groups is 2. The largest absolute Gasteiger partial charge is 0.394 e. The van der Waals surface area contributed by atoms with Gasteiger partial charge in [-0.25, -0.2) is 14.4 Å². The molecule has 2 fully saturated rings. The number of aromatic amines is 1. The van der Waals surface area contributed by atoms with Crippen LogP contribution in [0.2, 0.25) is 0 Å². The monoisotopic (exact) mass is 730 g/mol. The number of aliphatic hydroxyl groups excluding tert-OH is 2. The van der Waals surface area contributed by atoms with Crippen LogP contribution in [0.4, 0.5) is 24.9 Å². The highest BCUT2D eigenvalue weighted by Gasteiger charge is 2.60. The van der Waals surface area contributed by atoms with Gasteiger partial charge in [-0.2, -0.15) is 18.4 Å². The molecule has 4 aromatic rings. The van der Waals surface area contributed by atoms with E-state index in [-0.39, 0.29) is 41.6 Å². The van der Waals surface area contributed by atoms with Gasteiger partial charge in [0.05, 0.1) is 18.6 Å². The molecule has 0 saturated carbocycles. The van der Waals surface area contributed by atoms with Crippen LogP contribution in [0.25, 0.3) is 22.2 Å². The van der Waals surface area contributed by atoms with E-state index in [1.54, 1.807) is 0 Å². The average Bonchev–Trinajstić information content (AvgIpc) is 3.73. The number of anilines is 2. The number of aromatic nitrogens is 8. The summed E-state index contributed by atoms with van der Waals surface area (Å²) in [5.41, 5.74) is 10.1. The Balaban J connectivity index is 0.00000134. The van der Waals surface area contributed by atoms with Gasteiger partial charge in [-0.1, -0.05) is 17.5 Å². The Hall–Kier alpha value is -2.89. The third kappa shape index (κ3) is 6.34. The maximum atomic E-state index is 15.3. The summed E-state index contributed by atoms with van der Waals surface area (Å²) in [4.78, 5) is 36.8. The zero-order valence-corrected chi connectivity index (χ0v) is 26.1. The molecule has 0 aliphatic carbocycles. The van der Waals surface area contributed by atoms with Gasteiger partial charge in [0.25, 0.3) is 5.56 Å². The minimum atomic E-state index is -4.50. The molecule has 6 rings (SSSR count). The molecule has 8 atom stereocenters. The van der Waals surface area contributed by atoms with Gasteiger partial charge in [-0.3, -0.25) is 18.9 Å². The molecule has 46 heavy (non-hydrogen) atoms. The van der Waals surface area contributed by atoms with Crippen molar-refractivity contribution in [2.45, 2.75) is 49.0 Å². The molecule has 4 aromatic heterocycles. The molecule has 2 aliphatic heterocycles. The third-order valence-electron chi connectivity index (χ3n) is 6.87. The molecule has 0 amide bonds. The van der Waals surface area contributed by atoms with E-state index in [2.05, 4.69) is 42.5 Å². The maximum absolute atomic E-state index is 15.3. The third-order valence-corrected chi connectivity index (χ3v) is 8.43. The predicted molar refractivity (Wildman–Crippen MR) is 157 cm³/mol. The highest BCUT2D eigenvalue weighted by molar-refractivity contribution is 8.33. The van der Waals surface area contributed by atoms with E-state index in [0.29, 0.717) is 0 Å². The fraction of sp³-hybridized carbons (Fsp3) is 0.500. The number of H-pyrrole nitrogens is 1. The number of hydrogen-bond acceptors (Lipinski definition) is 16. The molecule has 1 unspecified atom stereocenters. The fourth-order valence-electron chi connectivity index (χ4n) is 4.82. The molecule has 0 spiro atoms. The zero-order valence-electron chi connectivity index (χ0n) is 22.6. The normalized spacial score (nSPS) is 28.8. The summed E-state index contributed by atoms with van der Waals surface area (Å²) in [6.45, 7) is -6.25. The van der Waals surface area contributed by atoms with Crippen molar-refractivity contribution in [3.05, 3.63) is 28.9 Å². The predicted octanol–water partition coefficient (Wildman–Crippen LogP) is -0.0132. The van der Waals surface area contributed by atoms with E-state index in [4.69, 9.17) is 46.4 Å². The van der Waals surface area contributed by atoms with Gasteiger partial charge in [0.15, 0.2) is 29.7 Å². The van der Waals surface area contributed by atoms with E-state index >= 15 is 13.2 Å². The number of ether oxygens (including phenoxy) is 2. The van der Waals surface area contributed by atoms with Crippen molar-refractivity contribution < 1.29 is 51.4 Å². The first-order valence-electron chi connectivity index (χ1n) is 12.7. The van der Waals surface area contributed by atoms with Gasteiger partial charge >= 0.3 is 12.6 Å². The number of nitrogens with zero attached hydrogens (tertiary/aromatic N) is 7. The lowest BCUT2D eigenvalue weighted by atomic mass is 10.1. The van der Waals surface area contributed by atoms with Crippen molar-refractivity contribution in [1.29, 1.82) is 0 Å². The van der Waals surface area contributed by atoms with Crippen molar-refractivity contribution in [3.8, 4) is 0 Å². The Morgan fingerprint density at radius 3 is 2.67 bits per heavy atom. The Bertz CT molecular complexity index is 1850. The van der Waals surface area contributed by atoms with E-state index < -0.39 is 74.5 Å². The van der Waals surface area contributed by atoms with Gasteiger partial charge in [-0.15, -0.1) is 5.10 Å². The average molecular weight is 731 g/mol. The smallest absolute Gasteiger partial charge is 0.325 e. The van der Waals surface area contributed by atoms with E-state index in [1.165, 1.54) is 12.3 Å². The number of thiol groups is 1. The minimum absolute atomic E-state index is 0.0140. The maximum Gasteiger partial charge on any atom is 0.325 e. The summed E-state index contributed by atoms with van der Waals surface area (Å²) in [5.74, 6) is -4.16. The molecule has 6 heterocycles. The zero-order chi connectivity index (χ0) is 33.6. The molecule has 26 heteroatoms. The first-order chi connectivity index (χ1) is 21.7. The molecular formula is C20H23F3N10O9P2S2. The van der Waals surface area contributed by atoms with Crippen LogP contribution < -0.4 is 17.0 Å². The number of rotatable bonds is 8. The van der Waals surface area contributed by atoms with Gasteiger partial charge in [0, 0.05) is 6.20 Å². The molecule has 19 nitrogen and oxygen atoms in total. The van der Waals surface area contributed by atoms with E-state index in [0.717, 1.165) is 15.6 Å². The molecule has 0 aromatic carbocycles. The van der Waals surface area contributed by atoms with Crippen LogP contribution in [0, 0.1) is 0 Å². The number of hydrogen-bond donors (Lipinski definition) is 7. The van der Waals surface area contributed by atoms with Gasteiger partial charge in [0.2, 0.25) is 19.8 Å². The summed E-state index contributed by atoms with van der Waals surface area (Å²) in [5, 5.41) is 27.6. The second kappa shape index (κ2) is 13.3. The standard InChI is InChI=1S/C20H22F3N10O8PS.HOPS/c21-9-7(3-34)39-17(33-15-10(30-31-33)16(36)29-19(25)28-15)11(9)41-42(37,43)38-4-8-12(35)20(22,23)18(40-8)32-2-1-6-13(24)26-5-27-14(6)32;1-2-3/h1-2,5,7-9,11-12,17-18,34-35H,3-4H2,(H,37,43)(H2,24,26,27)(H3,25,28,29,36);(H,1,3)/t7-,8-,9+,11-,12-,17-,18-,42?;/m1./s1. The summed E-state index contributed by atoms with van der Waals surface area (Å²) in [6, 6.07) is 1.40. The number of nitrogen functional groups attached to an aromatic ring is 2. The number of halogens is 3. The van der Waals surface area contributed by atoms with Crippen molar-refractivity contribution >= 4 is 72.4 Å². The second-order valence-electron chi connectivity index (χ2n) is 9.63. The van der Waals surface area contributed by atoms with Crippen LogP contribution in [0.5, 0.6) is 0 Å². The Morgan fingerprint density at radius 1 is 1.26 bits per heavy atom. The van der Waals surface area contributed by atoms with Crippen LogP contribution in [0.3, 0.4) is 0 Å². The highest BCUT2D eigenvalue weighted by atomic mass is 32.7. The molecule has 0 radical (unpaired) electrons. The Morgan fingerprint density at radius 2 is 1.98 bits per heavy atom.